The maximum absolute atomic E-state index is 11.8. The molecule has 2 unspecified atom stereocenters. The predicted octanol–water partition coefficient (Wildman–Crippen LogP) is 7.35. The van der Waals surface area contributed by atoms with Gasteiger partial charge in [0.1, 0.15) is 19.3 Å². The number of aliphatic hydroxyl groups excluding tert-OH is 1. The molecular formula is C30H59NO6P+. The van der Waals surface area contributed by atoms with E-state index >= 15 is 0 Å². The van der Waals surface area contributed by atoms with E-state index in [1.165, 1.54) is 64.2 Å². The summed E-state index contributed by atoms with van der Waals surface area (Å²) < 4.78 is 27.7. The second-order valence-corrected chi connectivity index (χ2v) is 12.4. The number of phosphoric acid groups is 1. The van der Waals surface area contributed by atoms with Gasteiger partial charge in [0.2, 0.25) is 0 Å². The number of likely N-dealkylation sites (N-methyl/N-ethyl adjacent to an activating group) is 1. The summed E-state index contributed by atoms with van der Waals surface area (Å²) in [5.74, 6) is 0. The summed E-state index contributed by atoms with van der Waals surface area (Å²) in [6, 6.07) is 0. The molecule has 0 saturated carbocycles. The van der Waals surface area contributed by atoms with E-state index in [4.69, 9.17) is 13.8 Å². The van der Waals surface area contributed by atoms with Gasteiger partial charge in [-0.3, -0.25) is 9.05 Å². The van der Waals surface area contributed by atoms with Gasteiger partial charge in [-0.15, -0.1) is 0 Å². The van der Waals surface area contributed by atoms with Crippen LogP contribution in [0.2, 0.25) is 0 Å². The van der Waals surface area contributed by atoms with E-state index in [-0.39, 0.29) is 19.8 Å². The van der Waals surface area contributed by atoms with Crippen molar-refractivity contribution in [3.63, 3.8) is 0 Å². The second kappa shape index (κ2) is 25.2. The number of quaternary nitrogens is 1. The Morgan fingerprint density at radius 1 is 0.711 bits per heavy atom. The van der Waals surface area contributed by atoms with Crippen molar-refractivity contribution >= 4 is 7.82 Å². The van der Waals surface area contributed by atoms with E-state index < -0.39 is 13.9 Å². The highest BCUT2D eigenvalue weighted by Gasteiger charge is 2.24. The number of allylic oxidation sites excluding steroid dienone is 6. The van der Waals surface area contributed by atoms with Crippen LogP contribution in [0.15, 0.2) is 36.5 Å². The van der Waals surface area contributed by atoms with Crippen LogP contribution in [0.3, 0.4) is 0 Å². The average Bonchev–Trinajstić information content (AvgIpc) is 2.85. The highest BCUT2D eigenvalue weighted by molar-refractivity contribution is 7.47. The van der Waals surface area contributed by atoms with Crippen molar-refractivity contribution in [2.45, 2.75) is 103 Å². The molecule has 0 aromatic carbocycles. The zero-order valence-corrected chi connectivity index (χ0v) is 25.8. The van der Waals surface area contributed by atoms with Gasteiger partial charge >= 0.3 is 7.82 Å². The Morgan fingerprint density at radius 2 is 1.24 bits per heavy atom. The van der Waals surface area contributed by atoms with Crippen LogP contribution in [-0.4, -0.2) is 74.7 Å². The van der Waals surface area contributed by atoms with Gasteiger partial charge < -0.3 is 19.2 Å². The minimum Gasteiger partial charge on any atom is -0.388 e. The Morgan fingerprint density at radius 3 is 1.82 bits per heavy atom. The number of phosphoric ester groups is 1. The predicted molar refractivity (Wildman–Crippen MR) is 159 cm³/mol. The molecule has 2 atom stereocenters. The van der Waals surface area contributed by atoms with Crippen LogP contribution in [0.4, 0.5) is 0 Å². The largest absolute Gasteiger partial charge is 0.472 e. The van der Waals surface area contributed by atoms with Gasteiger partial charge in [-0.1, -0.05) is 88.3 Å². The lowest BCUT2D eigenvalue weighted by Gasteiger charge is -2.24. The molecule has 0 fully saturated rings. The standard InChI is InChI=1S/C30H58NO6P/c1-5-6-7-8-9-10-11-12-13-14-15-16-17-18-19-20-21-22-23-24-26-35-28-30(32)29-37-38(33,34)36-27-25-31(2,3)4/h9-10,12-13,15-16,30,32H,5-8,11,14,17-29H2,1-4H3/p+1/b10-9-,13-12-,16-15-. The summed E-state index contributed by atoms with van der Waals surface area (Å²) in [6.07, 6.45) is 29.4. The maximum atomic E-state index is 11.8. The Bertz CT molecular complexity index is 660. The number of nitrogens with zero attached hydrogens (tertiary/aromatic N) is 1. The van der Waals surface area contributed by atoms with Crippen LogP contribution in [0, 0.1) is 0 Å². The molecule has 0 aliphatic rings. The van der Waals surface area contributed by atoms with E-state index in [0.29, 0.717) is 17.6 Å². The fourth-order valence-corrected chi connectivity index (χ4v) is 4.30. The first-order chi connectivity index (χ1) is 18.2. The van der Waals surface area contributed by atoms with Crippen LogP contribution in [-0.2, 0) is 18.3 Å². The molecule has 224 valence electrons. The first-order valence-electron chi connectivity index (χ1n) is 14.8. The molecule has 38 heavy (non-hydrogen) atoms. The summed E-state index contributed by atoms with van der Waals surface area (Å²) in [5, 5.41) is 9.88. The highest BCUT2D eigenvalue weighted by atomic mass is 31.2. The minimum absolute atomic E-state index is 0.0817. The fourth-order valence-electron chi connectivity index (χ4n) is 3.56. The quantitative estimate of drug-likeness (QED) is 0.0473. The first kappa shape index (κ1) is 37.2. The molecule has 2 N–H and O–H groups in total. The van der Waals surface area contributed by atoms with Gasteiger partial charge in [-0.2, -0.15) is 0 Å². The number of aliphatic hydroxyl groups is 1. The third kappa shape index (κ3) is 29.8. The molecule has 0 aromatic heterocycles. The molecule has 7 nitrogen and oxygen atoms in total. The minimum atomic E-state index is -4.15. The van der Waals surface area contributed by atoms with Crippen molar-refractivity contribution in [2.75, 3.05) is 54.1 Å². The lowest BCUT2D eigenvalue weighted by atomic mass is 10.1. The molecule has 0 aliphatic carbocycles. The van der Waals surface area contributed by atoms with Gasteiger partial charge in [0.25, 0.3) is 0 Å². The van der Waals surface area contributed by atoms with Crippen molar-refractivity contribution in [2.24, 2.45) is 0 Å². The Balaban J connectivity index is 3.46. The monoisotopic (exact) mass is 560 g/mol. The van der Waals surface area contributed by atoms with Gasteiger partial charge in [0.15, 0.2) is 0 Å². The van der Waals surface area contributed by atoms with Gasteiger partial charge in [0, 0.05) is 6.61 Å². The summed E-state index contributed by atoms with van der Waals surface area (Å²) in [7, 11) is 1.74. The van der Waals surface area contributed by atoms with Crippen LogP contribution in [0.1, 0.15) is 96.8 Å². The van der Waals surface area contributed by atoms with Crippen LogP contribution in [0.25, 0.3) is 0 Å². The smallest absolute Gasteiger partial charge is 0.388 e. The van der Waals surface area contributed by atoms with Crippen LogP contribution in [0.5, 0.6) is 0 Å². The number of rotatable bonds is 27. The van der Waals surface area contributed by atoms with E-state index in [0.717, 1.165) is 25.7 Å². The van der Waals surface area contributed by atoms with Gasteiger partial charge in [-0.25, -0.2) is 4.57 Å². The van der Waals surface area contributed by atoms with Crippen molar-refractivity contribution in [1.82, 2.24) is 0 Å². The third-order valence-electron chi connectivity index (χ3n) is 5.93. The third-order valence-corrected chi connectivity index (χ3v) is 6.92. The van der Waals surface area contributed by atoms with Crippen molar-refractivity contribution in [3.8, 4) is 0 Å². The lowest BCUT2D eigenvalue weighted by Crippen LogP contribution is -2.37. The molecule has 0 rings (SSSR count). The lowest BCUT2D eigenvalue weighted by molar-refractivity contribution is -0.870. The van der Waals surface area contributed by atoms with E-state index in [9.17, 15) is 14.6 Å². The van der Waals surface area contributed by atoms with Crippen molar-refractivity contribution < 1.29 is 32.8 Å². The molecule has 0 bridgehead atoms. The maximum Gasteiger partial charge on any atom is 0.472 e. The first-order valence-corrected chi connectivity index (χ1v) is 16.3. The van der Waals surface area contributed by atoms with Crippen molar-refractivity contribution in [1.29, 1.82) is 0 Å². The molecule has 8 heteroatoms. The number of unbranched alkanes of at least 4 members (excludes halogenated alkanes) is 10. The Labute approximate surface area is 234 Å². The number of hydrogen-bond donors (Lipinski definition) is 2. The second-order valence-electron chi connectivity index (χ2n) is 11.0. The normalized spacial score (nSPS) is 15.2. The highest BCUT2D eigenvalue weighted by Crippen LogP contribution is 2.43. The molecule has 0 aliphatic heterocycles. The molecule has 0 radical (unpaired) electrons. The number of hydrogen-bond acceptors (Lipinski definition) is 5. The molecule has 0 saturated heterocycles. The molecule has 0 heterocycles. The average molecular weight is 561 g/mol. The summed E-state index contributed by atoms with van der Waals surface area (Å²) in [5.41, 5.74) is 0. The topological polar surface area (TPSA) is 85.2 Å². The molecule has 0 amide bonds. The molecule has 0 aromatic rings. The van der Waals surface area contributed by atoms with Crippen LogP contribution >= 0.6 is 7.82 Å². The Hall–Kier alpha value is -0.790. The van der Waals surface area contributed by atoms with E-state index in [1.54, 1.807) is 0 Å². The SMILES string of the molecule is CCCCC/C=C\C/C=C\C/C=C\CCCCCCCCCOCC(O)COP(=O)(O)OCC[N+](C)(C)C. The summed E-state index contributed by atoms with van der Waals surface area (Å²) in [6.45, 7) is 3.29. The Kier molecular flexibility index (Phi) is 24.7. The molecular weight excluding hydrogens is 501 g/mol. The fraction of sp³-hybridized carbons (Fsp3) is 0.800. The summed E-state index contributed by atoms with van der Waals surface area (Å²) >= 11 is 0. The van der Waals surface area contributed by atoms with Gasteiger partial charge in [-0.05, 0) is 44.9 Å². The zero-order chi connectivity index (χ0) is 28.4. The summed E-state index contributed by atoms with van der Waals surface area (Å²) in [4.78, 5) is 9.66. The van der Waals surface area contributed by atoms with E-state index in [1.807, 2.05) is 21.1 Å². The number of ether oxygens (including phenoxy) is 1. The van der Waals surface area contributed by atoms with E-state index in [2.05, 4.69) is 43.4 Å². The van der Waals surface area contributed by atoms with Crippen LogP contribution < -0.4 is 0 Å². The zero-order valence-electron chi connectivity index (χ0n) is 24.9. The van der Waals surface area contributed by atoms with Gasteiger partial charge in [0.05, 0.1) is 34.4 Å². The van der Waals surface area contributed by atoms with Crippen molar-refractivity contribution in [3.05, 3.63) is 36.5 Å². The molecule has 0 spiro atoms.